The molecule has 0 saturated carbocycles. The van der Waals surface area contributed by atoms with Gasteiger partial charge in [0.2, 0.25) is 0 Å². The summed E-state index contributed by atoms with van der Waals surface area (Å²) < 4.78 is 0.709. The summed E-state index contributed by atoms with van der Waals surface area (Å²) in [5.41, 5.74) is 0.790. The number of nitro groups is 1. The third-order valence-electron chi connectivity index (χ3n) is 3.37. The molecule has 1 fully saturated rings. The Kier molecular flexibility index (Phi) is 4.95. The van der Waals surface area contributed by atoms with Crippen LogP contribution in [0.1, 0.15) is 6.92 Å². The number of nitro benzene ring substituents is 1. The van der Waals surface area contributed by atoms with Crippen LogP contribution in [0.4, 0.5) is 11.4 Å². The summed E-state index contributed by atoms with van der Waals surface area (Å²) in [6, 6.07) is 5.15. The van der Waals surface area contributed by atoms with Crippen LogP contribution in [0, 0.1) is 10.1 Å². The quantitative estimate of drug-likeness (QED) is 0.667. The highest BCUT2D eigenvalue weighted by molar-refractivity contribution is 9.10. The van der Waals surface area contributed by atoms with Crippen molar-refractivity contribution in [2.75, 3.05) is 37.6 Å². The smallest absolute Gasteiger partial charge is 0.293 e. The predicted octanol–water partition coefficient (Wildman–Crippen LogP) is 1.86. The molecule has 0 radical (unpaired) electrons. The van der Waals surface area contributed by atoms with Crippen molar-refractivity contribution < 1.29 is 10.0 Å². The normalized spacial score (nSPS) is 18.1. The molecule has 1 N–H and O–H groups in total. The summed E-state index contributed by atoms with van der Waals surface area (Å²) in [6.07, 6.45) is -0.344. The predicted molar refractivity (Wildman–Crippen MR) is 81.1 cm³/mol. The van der Waals surface area contributed by atoms with E-state index < -0.39 is 0 Å². The van der Waals surface area contributed by atoms with Crippen molar-refractivity contribution in [2.45, 2.75) is 13.0 Å². The van der Waals surface area contributed by atoms with E-state index in [-0.39, 0.29) is 16.7 Å². The standard InChI is InChI=1S/C13H18BrN3O3/c1-10(18)9-15-4-6-16(7-5-15)12-3-2-11(14)8-13(12)17(19)20/h2-3,8,10,18H,4-7,9H2,1H3. The molecule has 0 aliphatic carbocycles. The van der Waals surface area contributed by atoms with Gasteiger partial charge < -0.3 is 10.0 Å². The topological polar surface area (TPSA) is 69.8 Å². The average Bonchev–Trinajstić information content (AvgIpc) is 2.39. The van der Waals surface area contributed by atoms with Crippen molar-refractivity contribution in [3.8, 4) is 0 Å². The maximum Gasteiger partial charge on any atom is 0.293 e. The lowest BCUT2D eigenvalue weighted by Gasteiger charge is -2.36. The Bertz CT molecular complexity index is 488. The van der Waals surface area contributed by atoms with Crippen LogP contribution in [0.3, 0.4) is 0 Å². The van der Waals surface area contributed by atoms with Gasteiger partial charge in [-0.15, -0.1) is 0 Å². The van der Waals surface area contributed by atoms with Crippen LogP contribution in [-0.4, -0.2) is 53.8 Å². The minimum atomic E-state index is -0.345. The zero-order valence-corrected chi connectivity index (χ0v) is 12.9. The highest BCUT2D eigenvalue weighted by atomic mass is 79.9. The van der Waals surface area contributed by atoms with E-state index >= 15 is 0 Å². The third-order valence-corrected chi connectivity index (χ3v) is 3.86. The summed E-state index contributed by atoms with van der Waals surface area (Å²) >= 11 is 3.27. The molecular formula is C13H18BrN3O3. The Labute approximate surface area is 126 Å². The van der Waals surface area contributed by atoms with Gasteiger partial charge in [-0.25, -0.2) is 0 Å². The van der Waals surface area contributed by atoms with Crippen LogP contribution < -0.4 is 4.90 Å². The molecule has 1 atom stereocenters. The number of aliphatic hydroxyl groups is 1. The minimum Gasteiger partial charge on any atom is -0.392 e. The molecule has 1 heterocycles. The molecule has 1 saturated heterocycles. The molecule has 1 aliphatic rings. The van der Waals surface area contributed by atoms with Crippen LogP contribution in [0.25, 0.3) is 0 Å². The van der Waals surface area contributed by atoms with Crippen LogP contribution in [-0.2, 0) is 0 Å². The van der Waals surface area contributed by atoms with Gasteiger partial charge in [-0.05, 0) is 19.1 Å². The highest BCUT2D eigenvalue weighted by Gasteiger charge is 2.24. The van der Waals surface area contributed by atoms with E-state index in [2.05, 4.69) is 20.8 Å². The second-order valence-corrected chi connectivity index (χ2v) is 5.94. The molecule has 1 unspecified atom stereocenters. The number of hydrogen-bond donors (Lipinski definition) is 1. The average molecular weight is 344 g/mol. The van der Waals surface area contributed by atoms with Gasteiger partial charge in [-0.2, -0.15) is 0 Å². The van der Waals surface area contributed by atoms with E-state index in [0.29, 0.717) is 16.7 Å². The lowest BCUT2D eigenvalue weighted by molar-refractivity contribution is -0.384. The molecule has 0 bridgehead atoms. The molecule has 0 amide bonds. The first kappa shape index (κ1) is 15.2. The van der Waals surface area contributed by atoms with Gasteiger partial charge in [-0.3, -0.25) is 15.0 Å². The number of piperazine rings is 1. The molecule has 110 valence electrons. The van der Waals surface area contributed by atoms with E-state index in [1.165, 1.54) is 6.07 Å². The monoisotopic (exact) mass is 343 g/mol. The Morgan fingerprint density at radius 2 is 2.05 bits per heavy atom. The number of nitrogens with zero attached hydrogens (tertiary/aromatic N) is 3. The summed E-state index contributed by atoms with van der Waals surface area (Å²) in [6.45, 7) is 5.49. The molecule has 0 aromatic heterocycles. The van der Waals surface area contributed by atoms with Crippen molar-refractivity contribution in [1.82, 2.24) is 4.90 Å². The fraction of sp³-hybridized carbons (Fsp3) is 0.538. The lowest BCUT2D eigenvalue weighted by atomic mass is 10.2. The second kappa shape index (κ2) is 6.51. The fourth-order valence-corrected chi connectivity index (χ4v) is 2.80. The van der Waals surface area contributed by atoms with Gasteiger partial charge in [0.05, 0.1) is 11.0 Å². The summed E-state index contributed by atoms with van der Waals surface area (Å²) in [4.78, 5) is 15.0. The summed E-state index contributed by atoms with van der Waals surface area (Å²) in [7, 11) is 0. The molecule has 7 heteroatoms. The molecule has 1 aliphatic heterocycles. The maximum atomic E-state index is 11.1. The minimum absolute atomic E-state index is 0.128. The lowest BCUT2D eigenvalue weighted by Crippen LogP contribution is -2.48. The highest BCUT2D eigenvalue weighted by Crippen LogP contribution is 2.31. The summed E-state index contributed by atoms with van der Waals surface area (Å²) in [5.74, 6) is 0. The zero-order chi connectivity index (χ0) is 14.7. The van der Waals surface area contributed by atoms with Crippen LogP contribution in [0.15, 0.2) is 22.7 Å². The van der Waals surface area contributed by atoms with Gasteiger partial charge in [0, 0.05) is 43.3 Å². The Morgan fingerprint density at radius 3 is 2.60 bits per heavy atom. The number of β-amino-alcohol motifs (C(OH)–C–C–N with tert-alkyl or cyclic N) is 1. The molecule has 20 heavy (non-hydrogen) atoms. The second-order valence-electron chi connectivity index (χ2n) is 5.03. The zero-order valence-electron chi connectivity index (χ0n) is 11.3. The van der Waals surface area contributed by atoms with E-state index in [1.807, 2.05) is 11.0 Å². The van der Waals surface area contributed by atoms with Crippen molar-refractivity contribution in [2.24, 2.45) is 0 Å². The van der Waals surface area contributed by atoms with Gasteiger partial charge in [0.15, 0.2) is 0 Å². The summed E-state index contributed by atoms with van der Waals surface area (Å²) in [5, 5.41) is 20.5. The van der Waals surface area contributed by atoms with Crippen LogP contribution in [0.5, 0.6) is 0 Å². The van der Waals surface area contributed by atoms with Crippen LogP contribution >= 0.6 is 15.9 Å². The van der Waals surface area contributed by atoms with E-state index in [9.17, 15) is 15.2 Å². The van der Waals surface area contributed by atoms with Gasteiger partial charge >= 0.3 is 0 Å². The van der Waals surface area contributed by atoms with Crippen molar-refractivity contribution in [3.63, 3.8) is 0 Å². The number of anilines is 1. The van der Waals surface area contributed by atoms with E-state index in [0.717, 1.165) is 26.2 Å². The fourth-order valence-electron chi connectivity index (χ4n) is 2.46. The molecule has 6 nitrogen and oxygen atoms in total. The molecular weight excluding hydrogens is 326 g/mol. The molecule has 1 aromatic carbocycles. The number of halogens is 1. The van der Waals surface area contributed by atoms with Crippen molar-refractivity contribution >= 4 is 27.3 Å². The maximum absolute atomic E-state index is 11.1. The van der Waals surface area contributed by atoms with Crippen molar-refractivity contribution in [1.29, 1.82) is 0 Å². The number of aliphatic hydroxyl groups excluding tert-OH is 1. The van der Waals surface area contributed by atoms with E-state index in [4.69, 9.17) is 0 Å². The number of rotatable bonds is 4. The van der Waals surface area contributed by atoms with Gasteiger partial charge in [0.1, 0.15) is 5.69 Å². The van der Waals surface area contributed by atoms with Crippen molar-refractivity contribution in [3.05, 3.63) is 32.8 Å². The largest absolute Gasteiger partial charge is 0.392 e. The molecule has 1 aromatic rings. The molecule has 2 rings (SSSR count). The Hall–Kier alpha value is -1.18. The number of hydrogen-bond acceptors (Lipinski definition) is 5. The first-order valence-electron chi connectivity index (χ1n) is 6.56. The van der Waals surface area contributed by atoms with Crippen LogP contribution in [0.2, 0.25) is 0 Å². The SMILES string of the molecule is CC(O)CN1CCN(c2ccc(Br)cc2[N+](=O)[O-])CC1. The Morgan fingerprint density at radius 1 is 1.40 bits per heavy atom. The first-order valence-corrected chi connectivity index (χ1v) is 7.36. The third kappa shape index (κ3) is 3.68. The van der Waals surface area contributed by atoms with Gasteiger partial charge in [0.25, 0.3) is 5.69 Å². The molecule has 0 spiro atoms. The first-order chi connectivity index (χ1) is 9.47. The Balaban J connectivity index is 2.09. The van der Waals surface area contributed by atoms with E-state index in [1.54, 1.807) is 13.0 Å². The number of benzene rings is 1. The van der Waals surface area contributed by atoms with Gasteiger partial charge in [-0.1, -0.05) is 15.9 Å².